The molecule has 2 aromatic carbocycles. The summed E-state index contributed by atoms with van der Waals surface area (Å²) in [5.41, 5.74) is 4.09. The summed E-state index contributed by atoms with van der Waals surface area (Å²) >= 11 is 0. The second-order valence-electron chi connectivity index (χ2n) is 8.46. The van der Waals surface area contributed by atoms with Crippen molar-refractivity contribution in [3.63, 3.8) is 0 Å². The molecule has 26 heavy (non-hydrogen) atoms. The molecule has 0 amide bonds. The first-order chi connectivity index (χ1) is 12.2. The van der Waals surface area contributed by atoms with E-state index in [2.05, 4.69) is 13.8 Å². The zero-order valence-electron chi connectivity index (χ0n) is 16.1. The van der Waals surface area contributed by atoms with Gasteiger partial charge in [0.1, 0.15) is 5.60 Å². The van der Waals surface area contributed by atoms with Crippen LogP contribution in [0.25, 0.3) is 0 Å². The number of ether oxygens (including phenoxy) is 2. The van der Waals surface area contributed by atoms with Crippen LogP contribution >= 0.6 is 0 Å². The Bertz CT molecular complexity index is 911. The van der Waals surface area contributed by atoms with Crippen LogP contribution in [-0.2, 0) is 12.8 Å². The van der Waals surface area contributed by atoms with Crippen molar-refractivity contribution in [2.75, 3.05) is 7.11 Å². The SMILES string of the molecule is COc1cc2c(c3c1OC(C)(C)C3)C(c1ccccc1)=[N+]([O-])C(C)(C)C2. The van der Waals surface area contributed by atoms with Crippen molar-refractivity contribution in [3.05, 3.63) is 63.9 Å². The van der Waals surface area contributed by atoms with Gasteiger partial charge in [-0.2, -0.15) is 4.74 Å². The molecular formula is C22H25NO3. The predicted octanol–water partition coefficient (Wildman–Crippen LogP) is 4.09. The zero-order valence-corrected chi connectivity index (χ0v) is 16.1. The first-order valence-corrected chi connectivity index (χ1v) is 9.05. The fourth-order valence-electron chi connectivity index (χ4n) is 4.16. The topological polar surface area (TPSA) is 44.5 Å². The van der Waals surface area contributed by atoms with E-state index in [1.54, 1.807) is 7.11 Å². The van der Waals surface area contributed by atoms with Gasteiger partial charge >= 0.3 is 0 Å². The Balaban J connectivity index is 2.05. The van der Waals surface area contributed by atoms with Gasteiger partial charge in [0.15, 0.2) is 17.0 Å². The van der Waals surface area contributed by atoms with Gasteiger partial charge in [-0.3, -0.25) is 0 Å². The molecule has 0 N–H and O–H groups in total. The minimum atomic E-state index is -0.521. The van der Waals surface area contributed by atoms with Crippen LogP contribution in [0.15, 0.2) is 36.4 Å². The Labute approximate surface area is 154 Å². The van der Waals surface area contributed by atoms with E-state index in [1.807, 2.05) is 50.2 Å². The van der Waals surface area contributed by atoms with E-state index < -0.39 is 5.54 Å². The van der Waals surface area contributed by atoms with Crippen LogP contribution in [0, 0.1) is 5.21 Å². The summed E-state index contributed by atoms with van der Waals surface area (Å²) in [6, 6.07) is 12.0. The van der Waals surface area contributed by atoms with Gasteiger partial charge in [-0.15, -0.1) is 0 Å². The first-order valence-electron chi connectivity index (χ1n) is 9.05. The monoisotopic (exact) mass is 351 g/mol. The number of hydrogen-bond acceptors (Lipinski definition) is 3. The Morgan fingerprint density at radius 2 is 1.77 bits per heavy atom. The maximum absolute atomic E-state index is 13.3. The highest BCUT2D eigenvalue weighted by atomic mass is 16.5. The molecule has 136 valence electrons. The fourth-order valence-corrected chi connectivity index (χ4v) is 4.16. The molecule has 2 aromatic rings. The highest BCUT2D eigenvalue weighted by Gasteiger charge is 2.44. The largest absolute Gasteiger partial charge is 0.623 e. The molecule has 4 rings (SSSR count). The van der Waals surface area contributed by atoms with E-state index in [-0.39, 0.29) is 5.60 Å². The molecule has 0 bridgehead atoms. The van der Waals surface area contributed by atoms with Crippen molar-refractivity contribution in [2.24, 2.45) is 0 Å². The molecule has 0 fully saturated rings. The number of nitrogens with zero attached hydrogens (tertiary/aromatic N) is 1. The van der Waals surface area contributed by atoms with Crippen LogP contribution in [0.3, 0.4) is 0 Å². The van der Waals surface area contributed by atoms with Gasteiger partial charge in [0.05, 0.1) is 12.7 Å². The lowest BCUT2D eigenvalue weighted by Crippen LogP contribution is -2.44. The third-order valence-electron chi connectivity index (χ3n) is 5.29. The molecule has 4 nitrogen and oxygen atoms in total. The molecule has 4 heteroatoms. The molecule has 0 aromatic heterocycles. The van der Waals surface area contributed by atoms with Crippen molar-refractivity contribution < 1.29 is 14.2 Å². The van der Waals surface area contributed by atoms with Crippen molar-refractivity contribution >= 4 is 5.71 Å². The average Bonchev–Trinajstić information content (AvgIpc) is 2.91. The number of methoxy groups -OCH3 is 1. The maximum Gasteiger partial charge on any atom is 0.226 e. The van der Waals surface area contributed by atoms with Crippen LogP contribution < -0.4 is 9.47 Å². The van der Waals surface area contributed by atoms with Gasteiger partial charge in [0.25, 0.3) is 0 Å². The zero-order chi connectivity index (χ0) is 18.7. The molecule has 2 heterocycles. The standard InChI is InChI=1S/C22H25NO3/c1-21(2)12-15-11-17(25-5)20-16(13-22(3,4)26-20)18(15)19(23(21)24)14-9-7-6-8-10-14/h6-11H,12-13H2,1-5H3. The Morgan fingerprint density at radius 3 is 2.42 bits per heavy atom. The summed E-state index contributed by atoms with van der Waals surface area (Å²) in [6.45, 7) is 8.13. The van der Waals surface area contributed by atoms with Gasteiger partial charge in [0, 0.05) is 37.8 Å². The fraction of sp³-hybridized carbons (Fsp3) is 0.409. The van der Waals surface area contributed by atoms with Crippen LogP contribution in [-0.4, -0.2) is 28.7 Å². The molecule has 2 aliphatic rings. The highest BCUT2D eigenvalue weighted by Crippen LogP contribution is 2.47. The summed E-state index contributed by atoms with van der Waals surface area (Å²) in [7, 11) is 1.67. The lowest BCUT2D eigenvalue weighted by Gasteiger charge is -2.33. The maximum atomic E-state index is 13.3. The highest BCUT2D eigenvalue weighted by molar-refractivity contribution is 6.12. The quantitative estimate of drug-likeness (QED) is 0.605. The van der Waals surface area contributed by atoms with E-state index in [9.17, 15) is 5.21 Å². The number of benzene rings is 2. The van der Waals surface area contributed by atoms with E-state index in [1.165, 1.54) is 4.74 Å². The summed E-state index contributed by atoms with van der Waals surface area (Å²) in [4.78, 5) is 0. The van der Waals surface area contributed by atoms with Crippen LogP contribution in [0.5, 0.6) is 11.5 Å². The van der Waals surface area contributed by atoms with Crippen molar-refractivity contribution in [1.82, 2.24) is 0 Å². The normalized spacial score (nSPS) is 19.6. The molecule has 0 spiro atoms. The molecule has 2 aliphatic heterocycles. The van der Waals surface area contributed by atoms with Gasteiger partial charge in [-0.05, 0) is 37.6 Å². The van der Waals surface area contributed by atoms with E-state index >= 15 is 0 Å². The molecule has 0 saturated heterocycles. The Kier molecular flexibility index (Phi) is 3.59. The molecule has 0 atom stereocenters. The van der Waals surface area contributed by atoms with Gasteiger partial charge in [-0.1, -0.05) is 18.2 Å². The number of rotatable bonds is 2. The van der Waals surface area contributed by atoms with E-state index in [0.717, 1.165) is 45.9 Å². The third-order valence-corrected chi connectivity index (χ3v) is 5.29. The average molecular weight is 351 g/mol. The van der Waals surface area contributed by atoms with E-state index in [0.29, 0.717) is 6.42 Å². The lowest BCUT2D eigenvalue weighted by atomic mass is 9.80. The molecule has 0 unspecified atom stereocenters. The van der Waals surface area contributed by atoms with Gasteiger partial charge in [0.2, 0.25) is 5.71 Å². The minimum Gasteiger partial charge on any atom is -0.623 e. The molecular weight excluding hydrogens is 326 g/mol. The number of hydroxylamine groups is 1. The van der Waals surface area contributed by atoms with Crippen LogP contribution in [0.4, 0.5) is 0 Å². The number of hydrogen-bond donors (Lipinski definition) is 0. The molecule has 0 aliphatic carbocycles. The Hall–Kier alpha value is -2.49. The number of fused-ring (bicyclic) bond motifs is 3. The second kappa shape index (κ2) is 5.50. The van der Waals surface area contributed by atoms with Crippen molar-refractivity contribution in [3.8, 4) is 11.5 Å². The smallest absolute Gasteiger partial charge is 0.226 e. The lowest BCUT2D eigenvalue weighted by molar-refractivity contribution is -0.541. The van der Waals surface area contributed by atoms with Crippen molar-refractivity contribution in [2.45, 2.75) is 51.7 Å². The summed E-state index contributed by atoms with van der Waals surface area (Å²) in [5.74, 6) is 1.53. The summed E-state index contributed by atoms with van der Waals surface area (Å²) in [5, 5.41) is 13.3. The van der Waals surface area contributed by atoms with Crippen LogP contribution in [0.1, 0.15) is 49.9 Å². The van der Waals surface area contributed by atoms with Crippen molar-refractivity contribution in [1.29, 1.82) is 0 Å². The minimum absolute atomic E-state index is 0.312. The van der Waals surface area contributed by atoms with E-state index in [4.69, 9.17) is 9.47 Å². The first kappa shape index (κ1) is 17.0. The Morgan fingerprint density at radius 1 is 1.08 bits per heavy atom. The molecule has 0 saturated carbocycles. The third kappa shape index (κ3) is 2.47. The van der Waals surface area contributed by atoms with Gasteiger partial charge < -0.3 is 14.7 Å². The second-order valence-corrected chi connectivity index (χ2v) is 8.46. The van der Waals surface area contributed by atoms with Crippen LogP contribution in [0.2, 0.25) is 0 Å². The molecule has 0 radical (unpaired) electrons. The van der Waals surface area contributed by atoms with Gasteiger partial charge in [-0.25, -0.2) is 0 Å². The summed E-state index contributed by atoms with van der Waals surface area (Å²) in [6.07, 6.45) is 1.43. The summed E-state index contributed by atoms with van der Waals surface area (Å²) < 4.78 is 13.0. The predicted molar refractivity (Wildman–Crippen MR) is 102 cm³/mol.